The minimum Gasteiger partial charge on any atom is -0.394 e. The van der Waals surface area contributed by atoms with Crippen molar-refractivity contribution in [2.75, 3.05) is 72.7 Å². The number of carbonyl (C=O) groups is 2. The summed E-state index contributed by atoms with van der Waals surface area (Å²) in [5.41, 5.74) is 0. The molecule has 0 aliphatic carbocycles. The van der Waals surface area contributed by atoms with Crippen LogP contribution in [0, 0.1) is 0 Å². The fourth-order valence-electron chi connectivity index (χ4n) is 16.5. The van der Waals surface area contributed by atoms with Crippen molar-refractivity contribution in [1.82, 2.24) is 10.6 Å². The SMILES string of the molecule is CC(=O)N[C@@H]1[C@@H](O)[C@H](O[C@@H]2O[C@H](CO)[C@@H](O[C@@H]3O[C@H](CO[C@H]4O[C@H](CO[C@@H]5O[C@H](CO)[C@@H](O)[C@H](O)[C@@H]5O)[C@@H](O)[C@H](O)[C@@H]4O)[C@@H](O)[C@H](O[C@H]4O[C@H](CO)[C@@H](O)[C@H](O)[C@@H]4O[C@H]4O[C@H](CO)[C@@H](O)[C@H](O)[C@@H]4O[C@H]4O[C@H](CO)[C@@H](O)[C@H](O[C@H]5O[C@H](CO)[C@@H](O)[C@H](O[C@H]6O[C@H](CO)[C@@H](O)[C@H](O)[C@H]6O[C@H]6O[C@H](CO)[C@@H](O)[C@H](O)[C@H]6O)[C@H]5O)[C@@H]4O)[C@@H]3O)[C@H](O)[C@H]2NC(C)=O)[C@@H](CO)O[C@@H]1O. The van der Waals surface area contributed by atoms with Crippen LogP contribution in [0.15, 0.2) is 0 Å². The van der Waals surface area contributed by atoms with Gasteiger partial charge in [-0.1, -0.05) is 0 Å². The molecule has 744 valence electrons. The van der Waals surface area contributed by atoms with Crippen molar-refractivity contribution in [3.63, 3.8) is 0 Å². The highest BCUT2D eigenvalue weighted by Gasteiger charge is 2.63. The number of rotatable bonds is 33. The third kappa shape index (κ3) is 22.5. The highest BCUT2D eigenvalue weighted by Crippen LogP contribution is 2.42. The molecule has 55 atom stereocenters. The van der Waals surface area contributed by atoms with Crippen molar-refractivity contribution in [2.24, 2.45) is 0 Å². The van der Waals surface area contributed by atoms with Gasteiger partial charge in [0, 0.05) is 13.8 Å². The molecule has 58 nitrogen and oxygen atoms in total. The quantitative estimate of drug-likeness (QED) is 0.0290. The Morgan fingerprint density at radius 1 is 0.203 bits per heavy atom. The van der Waals surface area contributed by atoms with E-state index >= 15 is 0 Å². The lowest BCUT2D eigenvalue weighted by molar-refractivity contribution is -0.413. The zero-order valence-corrected chi connectivity index (χ0v) is 67.7. The molecule has 128 heavy (non-hydrogen) atoms. The number of nitrogens with one attached hydrogen (secondary N) is 2. The van der Waals surface area contributed by atoms with Gasteiger partial charge in [-0.3, -0.25) is 9.59 Å². The average Bonchev–Trinajstić information content (AvgIpc) is 0.765. The fraction of sp³-hybridized carbons (Fsp3) is 0.971. The zero-order valence-electron chi connectivity index (χ0n) is 67.7. The molecule has 11 fully saturated rings. The highest BCUT2D eigenvalue weighted by molar-refractivity contribution is 5.73. The summed E-state index contributed by atoms with van der Waals surface area (Å²) in [5.74, 6) is -1.77. The van der Waals surface area contributed by atoms with E-state index in [-0.39, 0.29) is 0 Å². The first-order valence-corrected chi connectivity index (χ1v) is 40.7. The number of carbonyl (C=O) groups excluding carboxylic acids is 2. The molecular weight excluding hydrogens is 1760 g/mol. The van der Waals surface area contributed by atoms with Gasteiger partial charge in [-0.2, -0.15) is 0 Å². The highest BCUT2D eigenvalue weighted by atomic mass is 16.8. The Balaban J connectivity index is 0.872. The zero-order chi connectivity index (χ0) is 94.0. The number of aliphatic hydroxyl groups excluding tert-OH is 33. The molecule has 35 N–H and O–H groups in total. The van der Waals surface area contributed by atoms with Gasteiger partial charge in [0.25, 0.3) is 0 Å². The lowest BCUT2D eigenvalue weighted by Crippen LogP contribution is -2.70. The summed E-state index contributed by atoms with van der Waals surface area (Å²) in [5, 5.41) is 371. The Morgan fingerprint density at radius 2 is 0.422 bits per heavy atom. The normalized spacial score (nSPS) is 51.7. The number of hydrogen-bond acceptors (Lipinski definition) is 56. The summed E-state index contributed by atoms with van der Waals surface area (Å²) in [6.07, 6.45) is -115. The fourth-order valence-corrected chi connectivity index (χ4v) is 16.5. The smallest absolute Gasteiger partial charge is 0.217 e. The molecular formula is C70H118N2O56. The van der Waals surface area contributed by atoms with Gasteiger partial charge in [0.15, 0.2) is 69.2 Å². The van der Waals surface area contributed by atoms with Crippen LogP contribution >= 0.6 is 0 Å². The predicted molar refractivity (Wildman–Crippen MR) is 386 cm³/mol. The van der Waals surface area contributed by atoms with Gasteiger partial charge in [0.1, 0.15) is 268 Å². The number of amides is 2. The van der Waals surface area contributed by atoms with E-state index < -0.39 is 422 Å². The summed E-state index contributed by atoms with van der Waals surface area (Å²) >= 11 is 0. The second kappa shape index (κ2) is 45.8. The van der Waals surface area contributed by atoms with Crippen LogP contribution < -0.4 is 10.6 Å². The van der Waals surface area contributed by atoms with Gasteiger partial charge < -0.3 is 279 Å². The minimum absolute atomic E-state index is 0.804. The number of ether oxygens (including phenoxy) is 21. The largest absolute Gasteiger partial charge is 0.394 e. The maximum Gasteiger partial charge on any atom is 0.217 e. The van der Waals surface area contributed by atoms with E-state index in [2.05, 4.69) is 10.6 Å². The summed E-state index contributed by atoms with van der Waals surface area (Å²) in [6, 6.07) is -3.62. The van der Waals surface area contributed by atoms with E-state index in [4.69, 9.17) is 99.5 Å². The third-order valence-electron chi connectivity index (χ3n) is 23.8. The molecule has 11 heterocycles. The molecule has 11 saturated heterocycles. The van der Waals surface area contributed by atoms with Crippen molar-refractivity contribution in [2.45, 2.75) is 351 Å². The molecule has 2 amide bonds. The average molecular weight is 1880 g/mol. The molecule has 11 aliphatic rings. The summed E-state index contributed by atoms with van der Waals surface area (Å²) in [7, 11) is 0. The van der Waals surface area contributed by atoms with Crippen LogP contribution in [0.1, 0.15) is 13.8 Å². The third-order valence-corrected chi connectivity index (χ3v) is 23.8. The second-order valence-electron chi connectivity index (χ2n) is 32.3. The Bertz CT molecular complexity index is 3390. The van der Waals surface area contributed by atoms with Gasteiger partial charge in [-0.05, 0) is 0 Å². The monoisotopic (exact) mass is 1880 g/mol. The Morgan fingerprint density at radius 3 is 0.781 bits per heavy atom. The summed E-state index contributed by atoms with van der Waals surface area (Å²) in [6.45, 7) is -10.4. The van der Waals surface area contributed by atoms with E-state index in [1.54, 1.807) is 0 Å². The van der Waals surface area contributed by atoms with Crippen LogP contribution in [-0.4, -0.2) is 591 Å². The summed E-state index contributed by atoms with van der Waals surface area (Å²) in [4.78, 5) is 25.2. The molecule has 11 aliphatic heterocycles. The standard InChI is InChI=1S/C70H118N2O56/c1-14(82)71-27-38(93)52(23(10-80)110-60(27)107)121-61-28(72-15(2)83)39(94)53(24(11-81)118-61)122-67-51(106)56(37(92)26(120-67)13-109-63-47(102)42(97)34(89)25(119-63)12-108-62-46(101)40(95)29(84)16(3-73)111-62)125-69-59(45(100)33(88)19(6-76)116-69)128-70-58(44(99)32(87)20(7-77)117-70)127-66-49(104)54(35(90)21(8-78)114-66)123-65-50(105)55(36(91)22(9-79)113-65)124-68-57(43(98)31(86)18(5-75)115-68)126-64-48(103)41(96)30(85)17(4-74)112-64/h16-70,73-81,84-107H,3-13H2,1-2H3,(H,71,82)(H,72,83)/t16-,17-,18-,19-,20-,21-,22-,23-,24-,25-,26-,27-,28-,29-,30-,31-,32-,33-,34-,35-,36-,37-,38-,39-,40+,41+,42+,43+,44+,45+,46+,47+,48-,49+,50-,51+,52-,53-,54+,55+,56+,57-,58+,59+,60+,61+,62-,63+,64-,65-,66-,67+,68-,69-,70-/m1/s1. The predicted octanol–water partition coefficient (Wildman–Crippen LogP) is -24.7. The molecule has 0 aromatic carbocycles. The lowest BCUT2D eigenvalue weighted by Gasteiger charge is -2.51. The van der Waals surface area contributed by atoms with Crippen LogP contribution in [0.4, 0.5) is 0 Å². The van der Waals surface area contributed by atoms with Crippen LogP contribution in [0.25, 0.3) is 0 Å². The van der Waals surface area contributed by atoms with Crippen molar-refractivity contribution in [3.05, 3.63) is 0 Å². The Hall–Kier alpha value is -3.22. The van der Waals surface area contributed by atoms with Gasteiger partial charge in [0.05, 0.1) is 72.7 Å². The minimum atomic E-state index is -2.63. The van der Waals surface area contributed by atoms with Crippen molar-refractivity contribution in [3.8, 4) is 0 Å². The molecule has 0 spiro atoms. The molecule has 0 radical (unpaired) electrons. The van der Waals surface area contributed by atoms with Gasteiger partial charge in [-0.15, -0.1) is 0 Å². The first kappa shape index (κ1) is 105. The molecule has 58 heteroatoms. The number of hydrogen-bond donors (Lipinski definition) is 35. The summed E-state index contributed by atoms with van der Waals surface area (Å²) < 4.78 is 122. The van der Waals surface area contributed by atoms with Crippen LogP contribution in [0.2, 0.25) is 0 Å². The van der Waals surface area contributed by atoms with Gasteiger partial charge in [-0.25, -0.2) is 0 Å². The van der Waals surface area contributed by atoms with E-state index in [1.807, 2.05) is 0 Å². The topological polar surface area (TPSA) is 920 Å². The second-order valence-corrected chi connectivity index (χ2v) is 32.3. The van der Waals surface area contributed by atoms with Gasteiger partial charge >= 0.3 is 0 Å². The molecule has 0 aromatic rings. The van der Waals surface area contributed by atoms with E-state index in [0.29, 0.717) is 0 Å². The van der Waals surface area contributed by atoms with Crippen molar-refractivity contribution >= 4 is 11.8 Å². The lowest BCUT2D eigenvalue weighted by atomic mass is 9.94. The van der Waals surface area contributed by atoms with Crippen molar-refractivity contribution in [1.29, 1.82) is 0 Å². The van der Waals surface area contributed by atoms with E-state index in [1.165, 1.54) is 0 Å². The first-order valence-electron chi connectivity index (χ1n) is 40.7. The van der Waals surface area contributed by atoms with E-state index in [0.717, 1.165) is 13.8 Å². The Kier molecular flexibility index (Phi) is 37.7. The molecule has 0 aromatic heterocycles. The van der Waals surface area contributed by atoms with Crippen LogP contribution in [0.3, 0.4) is 0 Å². The van der Waals surface area contributed by atoms with Gasteiger partial charge in [0.2, 0.25) is 11.8 Å². The van der Waals surface area contributed by atoms with Crippen molar-refractivity contribution < 1.29 is 278 Å². The maximum absolute atomic E-state index is 13.0. The molecule has 11 rings (SSSR count). The van der Waals surface area contributed by atoms with Crippen LogP contribution in [0.5, 0.6) is 0 Å². The Labute approximate surface area is 722 Å². The molecule has 0 bridgehead atoms. The molecule has 0 unspecified atom stereocenters. The molecule has 0 saturated carbocycles. The number of aliphatic hydroxyl groups is 33. The van der Waals surface area contributed by atoms with Crippen LogP contribution in [-0.2, 0) is 109 Å². The van der Waals surface area contributed by atoms with E-state index in [9.17, 15) is 178 Å². The first-order chi connectivity index (χ1) is 60.7. The maximum atomic E-state index is 13.0.